The smallest absolute Gasteiger partial charge is 0.406 e. The van der Waals surface area contributed by atoms with Crippen LogP contribution >= 0.6 is 0 Å². The van der Waals surface area contributed by atoms with Crippen molar-refractivity contribution < 1.29 is 27.9 Å². The summed E-state index contributed by atoms with van der Waals surface area (Å²) in [5.74, 6) is -3.26. The van der Waals surface area contributed by atoms with E-state index in [2.05, 4.69) is 0 Å². The molecule has 27 heavy (non-hydrogen) atoms. The number of carbonyl (C=O) groups excluding carboxylic acids is 1. The van der Waals surface area contributed by atoms with E-state index in [-0.39, 0.29) is 6.54 Å². The molecule has 0 aliphatic carbocycles. The molecule has 0 saturated carbocycles. The first-order chi connectivity index (χ1) is 12.8. The number of carbonyl (C=O) groups is 2. The molecule has 0 aromatic heterocycles. The Bertz CT molecular complexity index is 784. The number of aliphatic carboxylic acids is 1. The molecule has 1 aliphatic heterocycles. The fourth-order valence-electron chi connectivity index (χ4n) is 3.48. The number of benzene rings is 2. The summed E-state index contributed by atoms with van der Waals surface area (Å²) in [6, 6.07) is 17.5. The molecule has 2 aromatic rings. The van der Waals surface area contributed by atoms with Crippen LogP contribution in [-0.4, -0.2) is 41.1 Å². The predicted octanol–water partition coefficient (Wildman–Crippen LogP) is 3.68. The normalized spacial score (nSPS) is 20.1. The highest BCUT2D eigenvalue weighted by Gasteiger charge is 2.64. The van der Waals surface area contributed by atoms with Crippen LogP contribution in [0.4, 0.5) is 13.2 Å². The quantitative estimate of drug-likeness (QED) is 0.884. The molecule has 0 bridgehead atoms. The van der Waals surface area contributed by atoms with Crippen LogP contribution in [0.15, 0.2) is 60.7 Å². The molecule has 0 radical (unpaired) electrons. The molecule has 1 atom stereocenters. The van der Waals surface area contributed by atoms with E-state index >= 15 is 0 Å². The molecule has 1 unspecified atom stereocenters. The number of hydrogen-bond acceptors (Lipinski definition) is 2. The van der Waals surface area contributed by atoms with Crippen molar-refractivity contribution in [3.05, 3.63) is 71.8 Å². The largest absolute Gasteiger partial charge is 0.481 e. The highest BCUT2D eigenvalue weighted by molar-refractivity contribution is 5.88. The van der Waals surface area contributed by atoms with Gasteiger partial charge in [0.05, 0.1) is 5.92 Å². The van der Waals surface area contributed by atoms with Crippen molar-refractivity contribution in [2.45, 2.75) is 18.5 Å². The maximum atomic E-state index is 13.4. The summed E-state index contributed by atoms with van der Waals surface area (Å²) in [5.41, 5.74) is -1.62. The Morgan fingerprint density at radius 1 is 0.963 bits per heavy atom. The van der Waals surface area contributed by atoms with Gasteiger partial charge in [0.25, 0.3) is 0 Å². The zero-order valence-electron chi connectivity index (χ0n) is 14.3. The molecule has 1 fully saturated rings. The Kier molecular flexibility index (Phi) is 4.95. The predicted molar refractivity (Wildman–Crippen MR) is 92.0 cm³/mol. The molecule has 1 aliphatic rings. The second-order valence-corrected chi connectivity index (χ2v) is 6.65. The van der Waals surface area contributed by atoms with E-state index in [1.54, 1.807) is 60.7 Å². The summed E-state index contributed by atoms with van der Waals surface area (Å²) in [5, 5.41) is 9.21. The monoisotopic (exact) mass is 377 g/mol. The SMILES string of the molecule is O=C(C(c1ccccc1)c1ccccc1)N1CCC(C(=O)O)(C(F)(F)F)C1. The summed E-state index contributed by atoms with van der Waals surface area (Å²) < 4.78 is 40.3. The van der Waals surface area contributed by atoms with Crippen molar-refractivity contribution >= 4 is 11.9 Å². The summed E-state index contributed by atoms with van der Waals surface area (Å²) in [4.78, 5) is 25.6. The van der Waals surface area contributed by atoms with E-state index in [0.717, 1.165) is 4.90 Å². The van der Waals surface area contributed by atoms with Crippen LogP contribution in [0.3, 0.4) is 0 Å². The van der Waals surface area contributed by atoms with Crippen molar-refractivity contribution in [2.24, 2.45) is 5.41 Å². The minimum Gasteiger partial charge on any atom is -0.481 e. The van der Waals surface area contributed by atoms with Crippen LogP contribution in [-0.2, 0) is 9.59 Å². The lowest BCUT2D eigenvalue weighted by Gasteiger charge is -2.29. The molecule has 2 aromatic carbocycles. The van der Waals surface area contributed by atoms with Gasteiger partial charge in [-0.05, 0) is 17.5 Å². The van der Waals surface area contributed by atoms with Gasteiger partial charge in [0.2, 0.25) is 5.91 Å². The molecule has 7 heteroatoms. The first-order valence-electron chi connectivity index (χ1n) is 8.45. The molecule has 0 spiro atoms. The lowest BCUT2D eigenvalue weighted by molar-refractivity contribution is -0.227. The highest BCUT2D eigenvalue weighted by atomic mass is 19.4. The van der Waals surface area contributed by atoms with Gasteiger partial charge in [-0.2, -0.15) is 13.2 Å². The molecule has 1 saturated heterocycles. The minimum atomic E-state index is -4.93. The minimum absolute atomic E-state index is 0.249. The summed E-state index contributed by atoms with van der Waals surface area (Å²) >= 11 is 0. The van der Waals surface area contributed by atoms with Crippen molar-refractivity contribution in [3.63, 3.8) is 0 Å². The molecular weight excluding hydrogens is 359 g/mol. The van der Waals surface area contributed by atoms with Crippen LogP contribution in [0.1, 0.15) is 23.5 Å². The number of halogens is 3. The fraction of sp³-hybridized carbons (Fsp3) is 0.300. The average Bonchev–Trinajstić information content (AvgIpc) is 3.11. The lowest BCUT2D eigenvalue weighted by Crippen LogP contribution is -2.48. The first kappa shape index (κ1) is 18.9. The number of hydrogen-bond donors (Lipinski definition) is 1. The number of carboxylic acids is 1. The Hall–Kier alpha value is -2.83. The molecule has 3 rings (SSSR count). The van der Waals surface area contributed by atoms with E-state index < -0.39 is 42.4 Å². The third kappa shape index (κ3) is 3.41. The van der Waals surface area contributed by atoms with Gasteiger partial charge >= 0.3 is 12.1 Å². The molecular formula is C20H18F3NO3. The second-order valence-electron chi connectivity index (χ2n) is 6.65. The van der Waals surface area contributed by atoms with Gasteiger partial charge in [-0.3, -0.25) is 9.59 Å². The van der Waals surface area contributed by atoms with Gasteiger partial charge in [0.15, 0.2) is 5.41 Å². The highest BCUT2D eigenvalue weighted by Crippen LogP contribution is 2.46. The zero-order chi connectivity index (χ0) is 19.7. The van der Waals surface area contributed by atoms with Crippen molar-refractivity contribution in [2.75, 3.05) is 13.1 Å². The van der Waals surface area contributed by atoms with Crippen LogP contribution in [0.25, 0.3) is 0 Å². The zero-order valence-corrected chi connectivity index (χ0v) is 14.3. The van der Waals surface area contributed by atoms with E-state index in [1.165, 1.54) is 0 Å². The van der Waals surface area contributed by atoms with Gasteiger partial charge in [-0.15, -0.1) is 0 Å². The maximum absolute atomic E-state index is 13.4. The Balaban J connectivity index is 1.96. The lowest BCUT2D eigenvalue weighted by atomic mass is 9.86. The third-order valence-electron chi connectivity index (χ3n) is 5.05. The van der Waals surface area contributed by atoms with Gasteiger partial charge < -0.3 is 10.0 Å². The number of rotatable bonds is 4. The van der Waals surface area contributed by atoms with Crippen molar-refractivity contribution in [1.29, 1.82) is 0 Å². The van der Waals surface area contributed by atoms with Crippen LogP contribution < -0.4 is 0 Å². The molecule has 1 heterocycles. The topological polar surface area (TPSA) is 57.6 Å². The first-order valence-corrected chi connectivity index (χ1v) is 8.45. The Morgan fingerprint density at radius 2 is 1.44 bits per heavy atom. The van der Waals surface area contributed by atoms with Crippen molar-refractivity contribution in [1.82, 2.24) is 4.90 Å². The van der Waals surface area contributed by atoms with E-state index in [4.69, 9.17) is 0 Å². The van der Waals surface area contributed by atoms with Gasteiger partial charge in [0.1, 0.15) is 0 Å². The van der Waals surface area contributed by atoms with Crippen LogP contribution in [0, 0.1) is 5.41 Å². The van der Waals surface area contributed by atoms with E-state index in [0.29, 0.717) is 11.1 Å². The van der Waals surface area contributed by atoms with Gasteiger partial charge in [-0.1, -0.05) is 60.7 Å². The van der Waals surface area contributed by atoms with Gasteiger partial charge in [-0.25, -0.2) is 0 Å². The average molecular weight is 377 g/mol. The van der Waals surface area contributed by atoms with Crippen molar-refractivity contribution in [3.8, 4) is 0 Å². The number of nitrogens with zero attached hydrogens (tertiary/aromatic N) is 1. The van der Waals surface area contributed by atoms with Crippen LogP contribution in [0.2, 0.25) is 0 Å². The van der Waals surface area contributed by atoms with E-state index in [1.807, 2.05) is 0 Å². The van der Waals surface area contributed by atoms with Gasteiger partial charge in [0, 0.05) is 13.1 Å². The third-order valence-corrected chi connectivity index (χ3v) is 5.05. The van der Waals surface area contributed by atoms with Crippen LogP contribution in [0.5, 0.6) is 0 Å². The standard InChI is InChI=1S/C20H18F3NO3/c21-20(22,23)19(18(26)27)11-12-24(13-19)17(25)16(14-7-3-1-4-8-14)15-9-5-2-6-10-15/h1-10,16H,11-13H2,(H,26,27). The summed E-state index contributed by atoms with van der Waals surface area (Å²) in [7, 11) is 0. The molecule has 1 amide bonds. The fourth-order valence-corrected chi connectivity index (χ4v) is 3.48. The number of amides is 1. The Morgan fingerprint density at radius 3 is 1.81 bits per heavy atom. The molecule has 1 N–H and O–H groups in total. The second kappa shape index (κ2) is 7.06. The molecule has 4 nitrogen and oxygen atoms in total. The number of alkyl halides is 3. The summed E-state index contributed by atoms with van der Waals surface area (Å²) in [6.45, 7) is -1.12. The maximum Gasteiger partial charge on any atom is 0.406 e. The molecule has 142 valence electrons. The number of likely N-dealkylation sites (tertiary alicyclic amines) is 1. The summed E-state index contributed by atoms with van der Waals surface area (Å²) in [6.07, 6.45) is -5.57. The number of carboxylic acid groups (broad SMARTS) is 1. The Labute approximate surface area is 154 Å². The van der Waals surface area contributed by atoms with E-state index in [9.17, 15) is 27.9 Å².